The zero-order valence-corrected chi connectivity index (χ0v) is 14.7. The number of benzene rings is 2. The van der Waals surface area contributed by atoms with E-state index in [-0.39, 0.29) is 5.91 Å². The molecule has 1 heterocycles. The summed E-state index contributed by atoms with van der Waals surface area (Å²) in [5.41, 5.74) is 3.07. The van der Waals surface area contributed by atoms with Crippen LogP contribution in [0.2, 0.25) is 5.02 Å². The van der Waals surface area contributed by atoms with E-state index in [1.165, 1.54) is 0 Å². The number of carbonyl (C=O) groups is 1. The third-order valence-electron chi connectivity index (χ3n) is 3.89. The highest BCUT2D eigenvalue weighted by Gasteiger charge is 2.15. The number of ether oxygens (including phenoxy) is 1. The average Bonchev–Trinajstić information content (AvgIpc) is 3.01. The number of rotatable bonds is 5. The van der Waals surface area contributed by atoms with Crippen molar-refractivity contribution in [3.05, 3.63) is 76.6 Å². The number of halogens is 1. The minimum absolute atomic E-state index is 0.173. The van der Waals surface area contributed by atoms with Crippen molar-refractivity contribution in [3.63, 3.8) is 0 Å². The number of hydrogen-bond donors (Lipinski definition) is 1. The summed E-state index contributed by atoms with van der Waals surface area (Å²) < 4.78 is 6.89. The minimum Gasteiger partial charge on any atom is -0.497 e. The van der Waals surface area contributed by atoms with E-state index in [4.69, 9.17) is 16.3 Å². The van der Waals surface area contributed by atoms with Crippen molar-refractivity contribution < 1.29 is 9.53 Å². The maximum atomic E-state index is 12.5. The fraction of sp³-hybridized carbons (Fsp3) is 0.158. The second-order valence-electron chi connectivity index (χ2n) is 5.57. The van der Waals surface area contributed by atoms with Gasteiger partial charge in [0.2, 0.25) is 0 Å². The zero-order valence-electron chi connectivity index (χ0n) is 14.0. The van der Waals surface area contributed by atoms with Crippen LogP contribution in [0.4, 0.5) is 0 Å². The van der Waals surface area contributed by atoms with Gasteiger partial charge < -0.3 is 10.1 Å². The topological polar surface area (TPSA) is 56.1 Å². The molecule has 3 rings (SSSR count). The molecule has 0 aliphatic rings. The molecule has 0 spiro atoms. The summed E-state index contributed by atoms with van der Waals surface area (Å²) in [5, 5.41) is 7.84. The van der Waals surface area contributed by atoms with Gasteiger partial charge in [0.1, 0.15) is 5.75 Å². The lowest BCUT2D eigenvalue weighted by Gasteiger charge is -2.08. The zero-order chi connectivity index (χ0) is 17.8. The first kappa shape index (κ1) is 17.0. The molecule has 6 heteroatoms. The van der Waals surface area contributed by atoms with Gasteiger partial charge in [0, 0.05) is 11.6 Å². The molecule has 1 N–H and O–H groups in total. The molecule has 0 aliphatic carbocycles. The van der Waals surface area contributed by atoms with Crippen molar-refractivity contribution in [2.75, 3.05) is 7.11 Å². The van der Waals surface area contributed by atoms with Crippen LogP contribution in [0, 0.1) is 6.92 Å². The molecule has 0 aliphatic heterocycles. The van der Waals surface area contributed by atoms with E-state index in [0.29, 0.717) is 17.1 Å². The number of nitrogens with zero attached hydrogens (tertiary/aromatic N) is 2. The van der Waals surface area contributed by atoms with Crippen LogP contribution in [0.15, 0.2) is 54.7 Å². The second kappa shape index (κ2) is 7.40. The summed E-state index contributed by atoms with van der Waals surface area (Å²) in [5.74, 6) is 0.588. The lowest BCUT2D eigenvalue weighted by Crippen LogP contribution is -2.23. The second-order valence-corrected chi connectivity index (χ2v) is 6.01. The summed E-state index contributed by atoms with van der Waals surface area (Å²) in [6.07, 6.45) is 1.57. The molecule has 0 saturated heterocycles. The van der Waals surface area contributed by atoms with Crippen LogP contribution in [0.25, 0.3) is 5.69 Å². The van der Waals surface area contributed by atoms with Crippen LogP contribution < -0.4 is 10.1 Å². The average molecular weight is 356 g/mol. The van der Waals surface area contributed by atoms with E-state index in [1.807, 2.05) is 43.3 Å². The first-order valence-corrected chi connectivity index (χ1v) is 8.18. The molecule has 1 aromatic heterocycles. The predicted octanol–water partition coefficient (Wildman–Crippen LogP) is 3.77. The van der Waals surface area contributed by atoms with E-state index < -0.39 is 0 Å². The monoisotopic (exact) mass is 355 g/mol. The predicted molar refractivity (Wildman–Crippen MR) is 97.5 cm³/mol. The lowest BCUT2D eigenvalue weighted by molar-refractivity contribution is 0.0950. The van der Waals surface area contributed by atoms with E-state index >= 15 is 0 Å². The number of hydrogen-bond acceptors (Lipinski definition) is 3. The third kappa shape index (κ3) is 3.83. The summed E-state index contributed by atoms with van der Waals surface area (Å²) in [6, 6.07) is 14.9. The van der Waals surface area contributed by atoms with Gasteiger partial charge in [-0.2, -0.15) is 5.10 Å². The summed E-state index contributed by atoms with van der Waals surface area (Å²) in [4.78, 5) is 12.5. The summed E-state index contributed by atoms with van der Waals surface area (Å²) >= 11 is 6.03. The Kier molecular flexibility index (Phi) is 5.05. The Hall–Kier alpha value is -2.79. The number of carbonyl (C=O) groups excluding carboxylic acids is 1. The van der Waals surface area contributed by atoms with Gasteiger partial charge >= 0.3 is 0 Å². The van der Waals surface area contributed by atoms with Crippen LogP contribution in [0.3, 0.4) is 0 Å². The van der Waals surface area contributed by atoms with E-state index in [0.717, 1.165) is 22.7 Å². The van der Waals surface area contributed by atoms with Gasteiger partial charge in [0.05, 0.1) is 30.3 Å². The normalized spacial score (nSPS) is 10.5. The highest BCUT2D eigenvalue weighted by molar-refractivity contribution is 6.30. The van der Waals surface area contributed by atoms with Gasteiger partial charge in [-0.15, -0.1) is 0 Å². The van der Waals surface area contributed by atoms with Crippen molar-refractivity contribution in [3.8, 4) is 11.4 Å². The SMILES string of the molecule is COc1cccc(CNC(=O)c2cnn(-c3cccc(Cl)c3)c2C)c1. The van der Waals surface area contributed by atoms with Crippen LogP contribution in [-0.2, 0) is 6.54 Å². The Morgan fingerprint density at radius 2 is 2.04 bits per heavy atom. The van der Waals surface area contributed by atoms with Crippen molar-refractivity contribution >= 4 is 17.5 Å². The van der Waals surface area contributed by atoms with Crippen LogP contribution in [-0.4, -0.2) is 22.8 Å². The Bertz CT molecular complexity index is 905. The smallest absolute Gasteiger partial charge is 0.255 e. The maximum Gasteiger partial charge on any atom is 0.255 e. The molecular formula is C19H18ClN3O2. The Morgan fingerprint density at radius 1 is 1.24 bits per heavy atom. The molecule has 0 radical (unpaired) electrons. The molecule has 0 atom stereocenters. The van der Waals surface area contributed by atoms with E-state index in [1.54, 1.807) is 30.1 Å². The number of methoxy groups -OCH3 is 1. The molecule has 3 aromatic rings. The first-order valence-electron chi connectivity index (χ1n) is 7.80. The fourth-order valence-electron chi connectivity index (χ4n) is 2.56. The first-order chi connectivity index (χ1) is 12.1. The van der Waals surface area contributed by atoms with Crippen molar-refractivity contribution in [2.45, 2.75) is 13.5 Å². The maximum absolute atomic E-state index is 12.5. The van der Waals surface area contributed by atoms with Crippen molar-refractivity contribution in [2.24, 2.45) is 0 Å². The van der Waals surface area contributed by atoms with E-state index in [9.17, 15) is 4.79 Å². The molecule has 0 unspecified atom stereocenters. The molecule has 0 saturated carbocycles. The van der Waals surface area contributed by atoms with Gasteiger partial charge in [-0.05, 0) is 42.8 Å². The fourth-order valence-corrected chi connectivity index (χ4v) is 2.75. The van der Waals surface area contributed by atoms with Gasteiger partial charge in [0.25, 0.3) is 5.91 Å². The van der Waals surface area contributed by atoms with Crippen LogP contribution >= 0.6 is 11.6 Å². The Balaban J connectivity index is 1.74. The van der Waals surface area contributed by atoms with Gasteiger partial charge in [-0.3, -0.25) is 4.79 Å². The Morgan fingerprint density at radius 3 is 2.80 bits per heavy atom. The van der Waals surface area contributed by atoms with Gasteiger partial charge in [-0.1, -0.05) is 29.8 Å². The highest BCUT2D eigenvalue weighted by Crippen LogP contribution is 2.18. The largest absolute Gasteiger partial charge is 0.497 e. The molecular weight excluding hydrogens is 338 g/mol. The molecule has 25 heavy (non-hydrogen) atoms. The van der Waals surface area contributed by atoms with Crippen molar-refractivity contribution in [1.29, 1.82) is 0 Å². The van der Waals surface area contributed by atoms with Gasteiger partial charge in [0.15, 0.2) is 0 Å². The minimum atomic E-state index is -0.173. The highest BCUT2D eigenvalue weighted by atomic mass is 35.5. The standard InChI is InChI=1S/C19H18ClN3O2/c1-13-18(12-22-23(13)16-7-4-6-15(20)10-16)19(24)21-11-14-5-3-8-17(9-14)25-2/h3-10,12H,11H2,1-2H3,(H,21,24). The lowest BCUT2D eigenvalue weighted by atomic mass is 10.2. The molecule has 0 fully saturated rings. The van der Waals surface area contributed by atoms with Gasteiger partial charge in [-0.25, -0.2) is 4.68 Å². The quantitative estimate of drug-likeness (QED) is 0.758. The van der Waals surface area contributed by atoms with E-state index in [2.05, 4.69) is 10.4 Å². The molecule has 128 valence electrons. The molecule has 1 amide bonds. The third-order valence-corrected chi connectivity index (χ3v) is 4.13. The Labute approximate surface area is 151 Å². The molecule has 2 aromatic carbocycles. The summed E-state index contributed by atoms with van der Waals surface area (Å²) in [7, 11) is 1.62. The molecule has 5 nitrogen and oxygen atoms in total. The number of nitrogens with one attached hydrogen (secondary N) is 1. The van der Waals surface area contributed by atoms with Crippen molar-refractivity contribution in [1.82, 2.24) is 15.1 Å². The van der Waals surface area contributed by atoms with Crippen LogP contribution in [0.5, 0.6) is 5.75 Å². The number of amides is 1. The molecule has 0 bridgehead atoms. The summed E-state index contributed by atoms with van der Waals surface area (Å²) in [6.45, 7) is 2.27. The van der Waals surface area contributed by atoms with Crippen LogP contribution in [0.1, 0.15) is 21.6 Å². The number of aromatic nitrogens is 2.